The molecule has 2 N–H and O–H groups in total. The van der Waals surface area contributed by atoms with Gasteiger partial charge in [-0.1, -0.05) is 0 Å². The van der Waals surface area contributed by atoms with Crippen molar-refractivity contribution in [2.24, 2.45) is 5.41 Å². The van der Waals surface area contributed by atoms with Crippen molar-refractivity contribution < 1.29 is 9.53 Å². The van der Waals surface area contributed by atoms with E-state index in [-0.39, 0.29) is 11.3 Å². The predicted octanol–water partition coefficient (Wildman–Crippen LogP) is 0.908. The smallest absolute Gasteiger partial charge is 0.231 e. The maximum atomic E-state index is 12.8. The molecule has 1 saturated carbocycles. The number of carbonyl (C=O) groups excluding carboxylic acids is 1. The predicted molar refractivity (Wildman–Crippen MR) is 91.1 cm³/mol. The molecule has 7 nitrogen and oxygen atoms in total. The fourth-order valence-electron chi connectivity index (χ4n) is 3.33. The number of amides is 1. The van der Waals surface area contributed by atoms with Crippen LogP contribution in [0.5, 0.6) is 0 Å². The van der Waals surface area contributed by atoms with Crippen molar-refractivity contribution in [3.63, 3.8) is 0 Å². The summed E-state index contributed by atoms with van der Waals surface area (Å²) in [5.74, 6) is 1.48. The molecule has 2 fully saturated rings. The van der Waals surface area contributed by atoms with Crippen molar-refractivity contribution >= 4 is 11.7 Å². The molecule has 1 aromatic heterocycles. The van der Waals surface area contributed by atoms with Crippen LogP contribution in [0.4, 0.5) is 5.82 Å². The van der Waals surface area contributed by atoms with Crippen molar-refractivity contribution in [2.45, 2.75) is 38.8 Å². The topological polar surface area (TPSA) is 84.6 Å². The van der Waals surface area contributed by atoms with E-state index in [1.165, 1.54) is 0 Å². The van der Waals surface area contributed by atoms with Gasteiger partial charge in [-0.25, -0.2) is 9.97 Å². The Balaban J connectivity index is 1.54. The van der Waals surface area contributed by atoms with E-state index in [2.05, 4.69) is 21.9 Å². The van der Waals surface area contributed by atoms with Crippen LogP contribution >= 0.6 is 0 Å². The number of nitrogens with zero attached hydrogens (tertiary/aromatic N) is 4. The summed E-state index contributed by atoms with van der Waals surface area (Å²) >= 11 is 0. The molecule has 132 valence electrons. The summed E-state index contributed by atoms with van der Waals surface area (Å²) in [7, 11) is 2.05. The minimum Gasteiger partial charge on any atom is -0.384 e. The van der Waals surface area contributed by atoms with Crippen LogP contribution in [-0.2, 0) is 16.1 Å². The highest BCUT2D eigenvalue weighted by Gasteiger charge is 2.52. The van der Waals surface area contributed by atoms with Gasteiger partial charge < -0.3 is 15.4 Å². The Kier molecular flexibility index (Phi) is 5.01. The number of hydrogen-bond acceptors (Lipinski definition) is 6. The molecule has 1 atom stereocenters. The number of carbonyl (C=O) groups is 1. The summed E-state index contributed by atoms with van der Waals surface area (Å²) in [5.41, 5.74) is 5.47. The molecular formula is C17H27N5O2. The van der Waals surface area contributed by atoms with E-state index in [9.17, 15) is 4.79 Å². The van der Waals surface area contributed by atoms with Gasteiger partial charge in [-0.2, -0.15) is 0 Å². The van der Waals surface area contributed by atoms with E-state index in [1.54, 1.807) is 12.3 Å². The van der Waals surface area contributed by atoms with Gasteiger partial charge in [-0.15, -0.1) is 0 Å². The van der Waals surface area contributed by atoms with Gasteiger partial charge in [0, 0.05) is 31.9 Å². The summed E-state index contributed by atoms with van der Waals surface area (Å²) in [6, 6.07) is 2.02. The van der Waals surface area contributed by atoms with Gasteiger partial charge >= 0.3 is 0 Å². The van der Waals surface area contributed by atoms with Crippen LogP contribution in [0.2, 0.25) is 0 Å². The first-order valence-corrected chi connectivity index (χ1v) is 8.69. The van der Waals surface area contributed by atoms with Crippen LogP contribution in [0.3, 0.4) is 0 Å². The molecule has 0 aromatic carbocycles. The molecule has 2 heterocycles. The van der Waals surface area contributed by atoms with E-state index in [0.717, 1.165) is 38.2 Å². The van der Waals surface area contributed by atoms with E-state index in [1.807, 2.05) is 11.8 Å². The minimum atomic E-state index is -0.236. The second kappa shape index (κ2) is 7.03. The number of nitrogen functional groups attached to an aromatic ring is 1. The Morgan fingerprint density at radius 1 is 1.54 bits per heavy atom. The maximum absolute atomic E-state index is 12.8. The van der Waals surface area contributed by atoms with Gasteiger partial charge in [-0.3, -0.25) is 9.69 Å². The maximum Gasteiger partial charge on any atom is 0.231 e. The molecular weight excluding hydrogens is 306 g/mol. The zero-order chi connectivity index (χ0) is 17.2. The van der Waals surface area contributed by atoms with Crippen LogP contribution in [0.25, 0.3) is 0 Å². The first-order valence-electron chi connectivity index (χ1n) is 8.69. The average Bonchev–Trinajstić information content (AvgIpc) is 3.19. The highest BCUT2D eigenvalue weighted by molar-refractivity contribution is 5.85. The number of likely N-dealkylation sites (N-methyl/N-ethyl adjacent to an activating group) is 1. The summed E-state index contributed by atoms with van der Waals surface area (Å²) in [6.07, 6.45) is 4.58. The lowest BCUT2D eigenvalue weighted by atomic mass is 10.1. The second-order valence-electron chi connectivity index (χ2n) is 6.92. The first kappa shape index (κ1) is 17.1. The molecule has 24 heavy (non-hydrogen) atoms. The molecule has 1 unspecified atom stereocenters. The Bertz CT molecular complexity index is 590. The largest absolute Gasteiger partial charge is 0.384 e. The minimum absolute atomic E-state index is 0.236. The number of ether oxygens (including phenoxy) is 1. The molecule has 0 spiro atoms. The molecule has 1 aliphatic heterocycles. The SMILES string of the molecule is CCOCC1(C(=O)N2CCC(N(C)Cc3nccc(N)n3)C2)CC1. The molecule has 0 radical (unpaired) electrons. The highest BCUT2D eigenvalue weighted by atomic mass is 16.5. The molecule has 0 bridgehead atoms. The number of aromatic nitrogens is 2. The number of nitrogens with two attached hydrogens (primary N) is 1. The van der Waals surface area contributed by atoms with E-state index in [4.69, 9.17) is 10.5 Å². The van der Waals surface area contributed by atoms with Gasteiger partial charge in [0.05, 0.1) is 18.6 Å². The van der Waals surface area contributed by atoms with Crippen LogP contribution in [0, 0.1) is 5.41 Å². The van der Waals surface area contributed by atoms with Crippen molar-refractivity contribution in [1.29, 1.82) is 0 Å². The highest BCUT2D eigenvalue weighted by Crippen LogP contribution is 2.48. The Morgan fingerprint density at radius 3 is 3.00 bits per heavy atom. The Morgan fingerprint density at radius 2 is 2.33 bits per heavy atom. The Hall–Kier alpha value is -1.73. The summed E-state index contributed by atoms with van der Waals surface area (Å²) < 4.78 is 5.52. The number of likely N-dealkylation sites (tertiary alicyclic amines) is 1. The zero-order valence-electron chi connectivity index (χ0n) is 14.6. The van der Waals surface area contributed by atoms with Crippen molar-refractivity contribution in [3.05, 3.63) is 18.1 Å². The zero-order valence-corrected chi connectivity index (χ0v) is 14.6. The lowest BCUT2D eigenvalue weighted by Crippen LogP contribution is -2.40. The monoisotopic (exact) mass is 333 g/mol. The van der Waals surface area contributed by atoms with Crippen LogP contribution in [0.15, 0.2) is 12.3 Å². The second-order valence-corrected chi connectivity index (χ2v) is 6.92. The molecule has 7 heteroatoms. The lowest BCUT2D eigenvalue weighted by molar-refractivity contribution is -0.138. The normalized spacial score (nSPS) is 22.1. The van der Waals surface area contributed by atoms with Gasteiger partial charge in [-0.05, 0) is 39.3 Å². The van der Waals surface area contributed by atoms with E-state index in [0.29, 0.717) is 31.6 Å². The van der Waals surface area contributed by atoms with Gasteiger partial charge in [0.25, 0.3) is 0 Å². The summed E-state index contributed by atoms with van der Waals surface area (Å²) in [6.45, 7) is 5.43. The molecule has 1 amide bonds. The molecule has 1 aromatic rings. The summed E-state index contributed by atoms with van der Waals surface area (Å²) in [5, 5.41) is 0. The van der Waals surface area contributed by atoms with Gasteiger partial charge in [0.2, 0.25) is 5.91 Å². The lowest BCUT2D eigenvalue weighted by Gasteiger charge is -2.26. The Labute approximate surface area is 143 Å². The van der Waals surface area contributed by atoms with E-state index < -0.39 is 0 Å². The number of rotatable bonds is 7. The van der Waals surface area contributed by atoms with E-state index >= 15 is 0 Å². The molecule has 1 aliphatic carbocycles. The van der Waals surface area contributed by atoms with Crippen LogP contribution < -0.4 is 5.73 Å². The molecule has 3 rings (SSSR count). The van der Waals surface area contributed by atoms with Crippen molar-refractivity contribution in [1.82, 2.24) is 19.8 Å². The quantitative estimate of drug-likeness (QED) is 0.798. The van der Waals surface area contributed by atoms with Crippen LogP contribution in [-0.4, -0.2) is 65.1 Å². The number of hydrogen-bond donors (Lipinski definition) is 1. The average molecular weight is 333 g/mol. The molecule has 2 aliphatic rings. The standard InChI is InChI=1S/C17H27N5O2/c1-3-24-12-17(6-7-17)16(23)22-9-5-13(10-22)21(2)11-15-19-8-4-14(18)20-15/h4,8,13H,3,5-7,9-12H2,1-2H3,(H2,18,19,20). The first-order chi connectivity index (χ1) is 11.5. The fourth-order valence-corrected chi connectivity index (χ4v) is 3.33. The third-order valence-electron chi connectivity index (χ3n) is 5.08. The van der Waals surface area contributed by atoms with Gasteiger partial charge in [0.15, 0.2) is 0 Å². The number of anilines is 1. The molecule has 1 saturated heterocycles. The van der Waals surface area contributed by atoms with Crippen LogP contribution in [0.1, 0.15) is 32.0 Å². The van der Waals surface area contributed by atoms with Crippen molar-refractivity contribution in [3.8, 4) is 0 Å². The third-order valence-corrected chi connectivity index (χ3v) is 5.08. The van der Waals surface area contributed by atoms with Gasteiger partial charge in [0.1, 0.15) is 11.6 Å². The third kappa shape index (κ3) is 3.67. The fraction of sp³-hybridized carbons (Fsp3) is 0.706. The van der Waals surface area contributed by atoms with Crippen molar-refractivity contribution in [2.75, 3.05) is 39.1 Å². The summed E-state index contributed by atoms with van der Waals surface area (Å²) in [4.78, 5) is 25.5.